The molecule has 0 amide bonds. The van der Waals surface area contributed by atoms with Crippen molar-refractivity contribution in [3.63, 3.8) is 0 Å². The lowest BCUT2D eigenvalue weighted by Crippen LogP contribution is -2.49. The highest BCUT2D eigenvalue weighted by molar-refractivity contribution is 7.87. The first kappa shape index (κ1) is 14.4. The third-order valence-electron chi connectivity index (χ3n) is 2.94. The number of carbonyl (C=O) groups is 1. The van der Waals surface area contributed by atoms with Crippen LogP contribution in [0.2, 0.25) is 0 Å². The van der Waals surface area contributed by atoms with Gasteiger partial charge in [-0.25, -0.2) is 0 Å². The van der Waals surface area contributed by atoms with Crippen LogP contribution in [0.5, 0.6) is 0 Å². The number of hydrogen-bond acceptors (Lipinski definition) is 3. The third kappa shape index (κ3) is 3.65. The maximum absolute atomic E-state index is 11.9. The van der Waals surface area contributed by atoms with E-state index in [0.717, 1.165) is 6.42 Å². The molecule has 1 heterocycles. The van der Waals surface area contributed by atoms with E-state index < -0.39 is 22.2 Å². The minimum absolute atomic E-state index is 0.290. The molecule has 1 aliphatic rings. The second-order valence-corrected chi connectivity index (χ2v) is 6.64. The van der Waals surface area contributed by atoms with Crippen molar-refractivity contribution in [2.24, 2.45) is 11.8 Å². The second kappa shape index (κ2) is 5.32. The average molecular weight is 264 g/mol. The van der Waals surface area contributed by atoms with E-state index >= 15 is 0 Å². The first-order valence-corrected chi connectivity index (χ1v) is 7.18. The molecule has 1 aliphatic heterocycles. The zero-order valence-corrected chi connectivity index (χ0v) is 11.2. The highest BCUT2D eigenvalue weighted by Gasteiger charge is 2.34. The third-order valence-corrected chi connectivity index (χ3v) is 4.50. The number of hydrogen-bond donors (Lipinski definition) is 2. The highest BCUT2D eigenvalue weighted by Crippen LogP contribution is 2.18. The van der Waals surface area contributed by atoms with Crippen molar-refractivity contribution in [1.29, 1.82) is 0 Å². The number of nitrogens with zero attached hydrogens (tertiary/aromatic N) is 1. The zero-order chi connectivity index (χ0) is 13.2. The van der Waals surface area contributed by atoms with Gasteiger partial charge < -0.3 is 5.11 Å². The standard InChI is InChI=1S/C10H20N2O4S/c1-7(2)9(10(13)14)11-17(15,16)12-5-4-8(3)6-12/h7-9,11H,4-6H2,1-3H3,(H,13,14). The van der Waals surface area contributed by atoms with Gasteiger partial charge in [-0.05, 0) is 18.3 Å². The fraction of sp³-hybridized carbons (Fsp3) is 0.900. The van der Waals surface area contributed by atoms with Gasteiger partial charge in [0, 0.05) is 13.1 Å². The molecule has 17 heavy (non-hydrogen) atoms. The predicted octanol–water partition coefficient (Wildman–Crippen LogP) is 0.272. The van der Waals surface area contributed by atoms with Gasteiger partial charge >= 0.3 is 5.97 Å². The van der Waals surface area contributed by atoms with Crippen LogP contribution in [-0.2, 0) is 15.0 Å². The Morgan fingerprint density at radius 2 is 2.06 bits per heavy atom. The molecule has 0 aromatic rings. The van der Waals surface area contributed by atoms with Crippen LogP contribution in [0, 0.1) is 11.8 Å². The van der Waals surface area contributed by atoms with Crippen LogP contribution in [0.3, 0.4) is 0 Å². The van der Waals surface area contributed by atoms with Crippen LogP contribution >= 0.6 is 0 Å². The van der Waals surface area contributed by atoms with Gasteiger partial charge in [-0.2, -0.15) is 17.4 Å². The van der Waals surface area contributed by atoms with E-state index in [4.69, 9.17) is 5.11 Å². The number of carboxylic acids is 1. The Hall–Kier alpha value is -0.660. The molecule has 2 atom stereocenters. The Bertz CT molecular complexity index is 380. The fourth-order valence-electron chi connectivity index (χ4n) is 1.82. The largest absolute Gasteiger partial charge is 0.480 e. The number of aliphatic carboxylic acids is 1. The molecule has 1 rings (SSSR count). The van der Waals surface area contributed by atoms with Crippen molar-refractivity contribution in [2.75, 3.05) is 13.1 Å². The summed E-state index contributed by atoms with van der Waals surface area (Å²) in [7, 11) is -3.68. The monoisotopic (exact) mass is 264 g/mol. The summed E-state index contributed by atoms with van der Waals surface area (Å²) in [4.78, 5) is 11.0. The smallest absolute Gasteiger partial charge is 0.322 e. The van der Waals surface area contributed by atoms with E-state index in [1.807, 2.05) is 6.92 Å². The molecule has 0 aromatic heterocycles. The summed E-state index contributed by atoms with van der Waals surface area (Å²) in [6.07, 6.45) is 0.820. The minimum Gasteiger partial charge on any atom is -0.480 e. The maximum atomic E-state index is 11.9. The number of carboxylic acid groups (broad SMARTS) is 1. The normalized spacial score (nSPS) is 24.1. The molecule has 7 heteroatoms. The van der Waals surface area contributed by atoms with Gasteiger partial charge in [-0.15, -0.1) is 0 Å². The summed E-state index contributed by atoms with van der Waals surface area (Å²) in [6.45, 7) is 6.25. The van der Waals surface area contributed by atoms with Crippen LogP contribution in [0.25, 0.3) is 0 Å². The van der Waals surface area contributed by atoms with Gasteiger partial charge in [0.2, 0.25) is 0 Å². The Kier molecular flexibility index (Phi) is 4.51. The van der Waals surface area contributed by atoms with Gasteiger partial charge in [0.1, 0.15) is 6.04 Å². The quantitative estimate of drug-likeness (QED) is 0.746. The number of rotatable bonds is 5. The lowest BCUT2D eigenvalue weighted by atomic mass is 10.1. The van der Waals surface area contributed by atoms with Crippen molar-refractivity contribution < 1.29 is 18.3 Å². The van der Waals surface area contributed by atoms with E-state index in [-0.39, 0.29) is 5.92 Å². The lowest BCUT2D eigenvalue weighted by Gasteiger charge is -2.22. The molecule has 100 valence electrons. The molecule has 1 saturated heterocycles. The molecule has 0 radical (unpaired) electrons. The molecule has 0 aliphatic carbocycles. The Balaban J connectivity index is 2.74. The van der Waals surface area contributed by atoms with E-state index in [0.29, 0.717) is 19.0 Å². The van der Waals surface area contributed by atoms with Gasteiger partial charge in [0.15, 0.2) is 0 Å². The molecule has 0 bridgehead atoms. The lowest BCUT2D eigenvalue weighted by molar-refractivity contribution is -0.140. The average Bonchev–Trinajstić information content (AvgIpc) is 2.61. The highest BCUT2D eigenvalue weighted by atomic mass is 32.2. The van der Waals surface area contributed by atoms with Crippen LogP contribution in [0.4, 0.5) is 0 Å². The van der Waals surface area contributed by atoms with Gasteiger partial charge in [-0.1, -0.05) is 20.8 Å². The predicted molar refractivity (Wildman–Crippen MR) is 63.7 cm³/mol. The van der Waals surface area contributed by atoms with Crippen LogP contribution in [0.1, 0.15) is 27.2 Å². The van der Waals surface area contributed by atoms with Crippen molar-refractivity contribution in [2.45, 2.75) is 33.2 Å². The van der Waals surface area contributed by atoms with E-state index in [9.17, 15) is 13.2 Å². The van der Waals surface area contributed by atoms with Crippen molar-refractivity contribution >= 4 is 16.2 Å². The van der Waals surface area contributed by atoms with E-state index in [2.05, 4.69) is 4.72 Å². The summed E-state index contributed by atoms with van der Waals surface area (Å²) in [6, 6.07) is -1.07. The van der Waals surface area contributed by atoms with Gasteiger partial charge in [0.05, 0.1) is 0 Å². The first-order chi connectivity index (χ1) is 7.74. The van der Waals surface area contributed by atoms with Crippen LogP contribution < -0.4 is 4.72 Å². The van der Waals surface area contributed by atoms with Crippen LogP contribution in [0.15, 0.2) is 0 Å². The second-order valence-electron chi connectivity index (χ2n) is 4.93. The summed E-state index contributed by atoms with van der Waals surface area (Å²) in [5, 5.41) is 8.96. The Morgan fingerprint density at radius 1 is 1.47 bits per heavy atom. The Labute approximate surface area is 102 Å². The molecule has 6 nitrogen and oxygen atoms in total. The molecule has 2 N–H and O–H groups in total. The molecule has 0 aromatic carbocycles. The summed E-state index contributed by atoms with van der Waals surface area (Å²) < 4.78 is 27.5. The summed E-state index contributed by atoms with van der Waals surface area (Å²) in [5.74, 6) is -1.10. The van der Waals surface area contributed by atoms with Crippen molar-refractivity contribution in [3.8, 4) is 0 Å². The molecule has 2 unspecified atom stereocenters. The summed E-state index contributed by atoms with van der Waals surface area (Å²) in [5.41, 5.74) is 0. The van der Waals surface area contributed by atoms with E-state index in [1.165, 1.54) is 4.31 Å². The molecule has 0 saturated carbocycles. The number of nitrogens with one attached hydrogen (secondary N) is 1. The Morgan fingerprint density at radius 3 is 2.41 bits per heavy atom. The SMILES string of the molecule is CC1CCN(S(=O)(=O)NC(C(=O)O)C(C)C)C1. The molecular weight excluding hydrogens is 244 g/mol. The van der Waals surface area contributed by atoms with E-state index in [1.54, 1.807) is 13.8 Å². The minimum atomic E-state index is -3.68. The molecule has 0 spiro atoms. The van der Waals surface area contributed by atoms with Gasteiger partial charge in [0.25, 0.3) is 10.2 Å². The molecular formula is C10H20N2O4S. The van der Waals surface area contributed by atoms with Crippen LogP contribution in [-0.4, -0.2) is 42.9 Å². The van der Waals surface area contributed by atoms with Crippen molar-refractivity contribution in [3.05, 3.63) is 0 Å². The summed E-state index contributed by atoms with van der Waals surface area (Å²) >= 11 is 0. The van der Waals surface area contributed by atoms with Gasteiger partial charge in [-0.3, -0.25) is 4.79 Å². The molecule has 1 fully saturated rings. The zero-order valence-electron chi connectivity index (χ0n) is 10.4. The van der Waals surface area contributed by atoms with Crippen molar-refractivity contribution in [1.82, 2.24) is 9.03 Å². The fourth-order valence-corrected chi connectivity index (χ4v) is 3.46. The topological polar surface area (TPSA) is 86.7 Å². The maximum Gasteiger partial charge on any atom is 0.322 e. The first-order valence-electron chi connectivity index (χ1n) is 5.74.